The summed E-state index contributed by atoms with van der Waals surface area (Å²) in [4.78, 5) is 16.2. The highest BCUT2D eigenvalue weighted by Crippen LogP contribution is 2.39. The van der Waals surface area contributed by atoms with E-state index in [-0.39, 0.29) is 0 Å². The van der Waals surface area contributed by atoms with Gasteiger partial charge in [-0.05, 0) is 24.3 Å². The molecule has 5 nitrogen and oxygen atoms in total. The fourth-order valence-electron chi connectivity index (χ4n) is 2.41. The molecule has 2 heterocycles. The highest BCUT2D eigenvalue weighted by molar-refractivity contribution is 7.18. The van der Waals surface area contributed by atoms with Crippen LogP contribution in [0.2, 0.25) is 5.02 Å². The van der Waals surface area contributed by atoms with Crippen LogP contribution in [0.25, 0.3) is 21.3 Å². The molecular formula is C17H15ClN2O3S. The quantitative estimate of drug-likeness (QED) is 0.700. The Morgan fingerprint density at radius 3 is 2.92 bits per heavy atom. The average molecular weight is 363 g/mol. The highest BCUT2D eigenvalue weighted by atomic mass is 35.5. The number of methoxy groups -OCH3 is 1. The first kappa shape index (κ1) is 16.7. The number of benzene rings is 1. The highest BCUT2D eigenvalue weighted by Gasteiger charge is 2.18. The Morgan fingerprint density at radius 1 is 1.33 bits per heavy atom. The van der Waals surface area contributed by atoms with E-state index >= 15 is 0 Å². The number of aromatic nitrogens is 1. The topological polar surface area (TPSA) is 74.4 Å². The number of carbonyl (C=O) groups excluding carboxylic acids is 1. The van der Waals surface area contributed by atoms with Gasteiger partial charge in [-0.3, -0.25) is 4.98 Å². The third kappa shape index (κ3) is 3.08. The van der Waals surface area contributed by atoms with Crippen molar-refractivity contribution < 1.29 is 14.3 Å². The van der Waals surface area contributed by atoms with Crippen LogP contribution in [0.4, 0.5) is 0 Å². The van der Waals surface area contributed by atoms with Crippen molar-refractivity contribution >= 4 is 39.1 Å². The molecule has 0 aliphatic heterocycles. The van der Waals surface area contributed by atoms with Crippen molar-refractivity contribution in [3.8, 4) is 16.9 Å². The Labute approximate surface area is 148 Å². The summed E-state index contributed by atoms with van der Waals surface area (Å²) in [7, 11) is 1.35. The van der Waals surface area contributed by atoms with Crippen LogP contribution in [0.5, 0.6) is 5.75 Å². The lowest BCUT2D eigenvalue weighted by Crippen LogP contribution is -2.11. The van der Waals surface area contributed by atoms with Gasteiger partial charge in [0.1, 0.15) is 12.4 Å². The van der Waals surface area contributed by atoms with E-state index in [2.05, 4.69) is 4.98 Å². The molecule has 7 heteroatoms. The van der Waals surface area contributed by atoms with Crippen molar-refractivity contribution in [3.05, 3.63) is 46.4 Å². The normalized spacial score (nSPS) is 10.8. The van der Waals surface area contributed by atoms with Gasteiger partial charge in [0.15, 0.2) is 0 Å². The zero-order chi connectivity index (χ0) is 17.1. The van der Waals surface area contributed by atoms with Crippen LogP contribution in [-0.4, -0.2) is 31.2 Å². The monoisotopic (exact) mass is 362 g/mol. The zero-order valence-electron chi connectivity index (χ0n) is 12.9. The molecule has 3 rings (SSSR count). The van der Waals surface area contributed by atoms with Gasteiger partial charge >= 0.3 is 5.97 Å². The molecule has 0 bridgehead atoms. The van der Waals surface area contributed by atoms with Crippen molar-refractivity contribution in [1.82, 2.24) is 4.98 Å². The molecule has 124 valence electrons. The van der Waals surface area contributed by atoms with Crippen molar-refractivity contribution in [2.75, 3.05) is 20.3 Å². The average Bonchev–Trinajstić information content (AvgIpc) is 3.04. The van der Waals surface area contributed by atoms with Gasteiger partial charge in [-0.2, -0.15) is 0 Å². The van der Waals surface area contributed by atoms with E-state index < -0.39 is 5.97 Å². The van der Waals surface area contributed by atoms with Gasteiger partial charge in [-0.25, -0.2) is 4.79 Å². The van der Waals surface area contributed by atoms with Crippen LogP contribution in [0, 0.1) is 0 Å². The maximum Gasteiger partial charge on any atom is 0.340 e. The first-order valence-corrected chi connectivity index (χ1v) is 8.48. The number of esters is 1. The molecule has 2 aromatic heterocycles. The minimum Gasteiger partial charge on any atom is -0.492 e. The van der Waals surface area contributed by atoms with Crippen molar-refractivity contribution in [3.63, 3.8) is 0 Å². The Bertz CT molecular complexity index is 895. The maximum atomic E-state index is 11.9. The van der Waals surface area contributed by atoms with Gasteiger partial charge in [0.05, 0.1) is 22.9 Å². The summed E-state index contributed by atoms with van der Waals surface area (Å²) in [6, 6.07) is 7.29. The Hall–Kier alpha value is -2.15. The second-order valence-electron chi connectivity index (χ2n) is 4.95. The van der Waals surface area contributed by atoms with E-state index in [4.69, 9.17) is 26.8 Å². The molecule has 0 saturated carbocycles. The van der Waals surface area contributed by atoms with Gasteiger partial charge in [0, 0.05) is 34.3 Å². The summed E-state index contributed by atoms with van der Waals surface area (Å²) >= 11 is 7.59. The van der Waals surface area contributed by atoms with Crippen LogP contribution in [0.3, 0.4) is 0 Å². The molecule has 1 aromatic carbocycles. The number of hydrogen-bond donors (Lipinski definition) is 1. The first-order valence-electron chi connectivity index (χ1n) is 7.23. The van der Waals surface area contributed by atoms with E-state index in [1.54, 1.807) is 17.6 Å². The molecule has 0 radical (unpaired) electrons. The number of fused-ring (bicyclic) bond motifs is 1. The number of nitrogens with two attached hydrogens (primary N) is 1. The number of nitrogens with zero attached hydrogens (tertiary/aromatic N) is 1. The molecule has 3 aromatic rings. The van der Waals surface area contributed by atoms with E-state index in [1.807, 2.05) is 18.2 Å². The minimum atomic E-state index is -0.406. The molecular weight excluding hydrogens is 348 g/mol. The molecule has 0 spiro atoms. The predicted octanol–water partition coefficient (Wildman–Crippen LogP) is 3.74. The van der Waals surface area contributed by atoms with Crippen LogP contribution in [-0.2, 0) is 4.74 Å². The summed E-state index contributed by atoms with van der Waals surface area (Å²) in [5, 5.41) is 2.35. The molecule has 0 aliphatic rings. The molecule has 0 unspecified atom stereocenters. The first-order chi connectivity index (χ1) is 11.7. The molecule has 24 heavy (non-hydrogen) atoms. The third-order valence-corrected chi connectivity index (χ3v) is 4.70. The molecule has 0 atom stereocenters. The second-order valence-corrected chi connectivity index (χ2v) is 6.27. The number of rotatable bonds is 5. The standard InChI is InChI=1S/C17H15ClN2O3S/c1-22-17(21)13-9-24-16-11(4-6-20-15(13)16)12-8-10(18)2-3-14(12)23-7-5-19/h2-4,6,8-9H,5,7,19H2,1H3. The summed E-state index contributed by atoms with van der Waals surface area (Å²) in [5.74, 6) is 0.280. The van der Waals surface area contributed by atoms with Crippen molar-refractivity contribution in [2.45, 2.75) is 0 Å². The molecule has 0 amide bonds. The molecule has 2 N–H and O–H groups in total. The Morgan fingerprint density at radius 2 is 2.17 bits per heavy atom. The maximum absolute atomic E-state index is 11.9. The fraction of sp³-hybridized carbons (Fsp3) is 0.176. The zero-order valence-corrected chi connectivity index (χ0v) is 14.5. The third-order valence-electron chi connectivity index (χ3n) is 3.47. The van der Waals surface area contributed by atoms with Gasteiger partial charge < -0.3 is 15.2 Å². The minimum absolute atomic E-state index is 0.403. The lowest BCUT2D eigenvalue weighted by Gasteiger charge is -2.12. The van der Waals surface area contributed by atoms with Gasteiger partial charge in [0.2, 0.25) is 0 Å². The summed E-state index contributed by atoms with van der Waals surface area (Å²) in [6.45, 7) is 0.819. The summed E-state index contributed by atoms with van der Waals surface area (Å²) in [5.41, 5.74) is 8.32. The lowest BCUT2D eigenvalue weighted by atomic mass is 10.0. The molecule has 0 aliphatic carbocycles. The van der Waals surface area contributed by atoms with E-state index in [9.17, 15) is 4.79 Å². The number of carbonyl (C=O) groups is 1. The SMILES string of the molecule is COC(=O)c1csc2c(-c3cc(Cl)ccc3OCCN)ccnc12. The Balaban J connectivity index is 2.18. The van der Waals surface area contributed by atoms with E-state index in [1.165, 1.54) is 18.4 Å². The molecule has 0 saturated heterocycles. The largest absolute Gasteiger partial charge is 0.492 e. The number of thiophene rings is 1. The smallest absolute Gasteiger partial charge is 0.340 e. The van der Waals surface area contributed by atoms with Crippen LogP contribution in [0.1, 0.15) is 10.4 Å². The van der Waals surface area contributed by atoms with Crippen molar-refractivity contribution in [2.24, 2.45) is 5.73 Å². The van der Waals surface area contributed by atoms with Gasteiger partial charge in [-0.1, -0.05) is 11.6 Å². The number of halogens is 1. The fourth-order valence-corrected chi connectivity index (χ4v) is 3.60. The number of ether oxygens (including phenoxy) is 2. The predicted molar refractivity (Wildman–Crippen MR) is 96.0 cm³/mol. The van der Waals surface area contributed by atoms with Crippen LogP contribution < -0.4 is 10.5 Å². The summed E-state index contributed by atoms with van der Waals surface area (Å²) in [6.07, 6.45) is 1.66. The van der Waals surface area contributed by atoms with Gasteiger partial charge in [-0.15, -0.1) is 11.3 Å². The van der Waals surface area contributed by atoms with E-state index in [0.717, 1.165) is 15.8 Å². The van der Waals surface area contributed by atoms with Crippen LogP contribution >= 0.6 is 22.9 Å². The number of hydrogen-bond acceptors (Lipinski definition) is 6. The second kappa shape index (κ2) is 7.17. The van der Waals surface area contributed by atoms with Crippen molar-refractivity contribution in [1.29, 1.82) is 0 Å². The number of pyridine rings is 1. The Kier molecular flexibility index (Phi) is 4.99. The van der Waals surface area contributed by atoms with Gasteiger partial charge in [0.25, 0.3) is 0 Å². The molecule has 0 fully saturated rings. The lowest BCUT2D eigenvalue weighted by molar-refractivity contribution is 0.0603. The van der Waals surface area contributed by atoms with Crippen LogP contribution in [0.15, 0.2) is 35.8 Å². The van der Waals surface area contributed by atoms with E-state index in [0.29, 0.717) is 35.0 Å². The summed E-state index contributed by atoms with van der Waals surface area (Å²) < 4.78 is 11.4.